The Balaban J connectivity index is 1.07. The minimum absolute atomic E-state index is 0.108. The molecular formula is C30H24N6O2. The average molecular weight is 501 g/mol. The first-order chi connectivity index (χ1) is 18.7. The molecule has 6 rings (SSSR count). The number of rotatable bonds is 8. The molecule has 0 unspecified atom stereocenters. The number of carbonyl (C=O) groups excluding carboxylic acids is 1. The summed E-state index contributed by atoms with van der Waals surface area (Å²) in [4.78, 5) is 17.5. The summed E-state index contributed by atoms with van der Waals surface area (Å²) in [7, 11) is 0. The van der Waals surface area contributed by atoms with E-state index in [1.54, 1.807) is 0 Å². The Morgan fingerprint density at radius 2 is 1.68 bits per heavy atom. The molecule has 0 aliphatic carbocycles. The topological polar surface area (TPSA) is 106 Å². The van der Waals surface area contributed by atoms with Gasteiger partial charge in [-0.15, -0.1) is 5.10 Å². The third kappa shape index (κ3) is 5.19. The maximum atomic E-state index is 12.8. The van der Waals surface area contributed by atoms with E-state index < -0.39 is 0 Å². The van der Waals surface area contributed by atoms with Crippen LogP contribution in [0.25, 0.3) is 33.1 Å². The predicted octanol–water partition coefficient (Wildman–Crippen LogP) is 5.12. The van der Waals surface area contributed by atoms with Crippen LogP contribution in [0, 0.1) is 0 Å². The SMILES string of the molecule is O=C(NCCc1ccc(-c2nnn[nH]2)cc1)c1ccc2ccc(OCc3ccc4ccccc4n3)cc2c1. The zero-order valence-corrected chi connectivity index (χ0v) is 20.5. The molecule has 38 heavy (non-hydrogen) atoms. The first-order valence-corrected chi connectivity index (χ1v) is 12.3. The summed E-state index contributed by atoms with van der Waals surface area (Å²) in [5, 5.41) is 19.9. The van der Waals surface area contributed by atoms with Crippen molar-refractivity contribution in [1.29, 1.82) is 0 Å². The smallest absolute Gasteiger partial charge is 0.251 e. The highest BCUT2D eigenvalue weighted by molar-refractivity contribution is 5.98. The van der Waals surface area contributed by atoms with Crippen molar-refractivity contribution in [3.63, 3.8) is 0 Å². The van der Waals surface area contributed by atoms with Crippen molar-refractivity contribution in [2.75, 3.05) is 6.54 Å². The summed E-state index contributed by atoms with van der Waals surface area (Å²) in [5.41, 5.74) is 4.45. The summed E-state index contributed by atoms with van der Waals surface area (Å²) >= 11 is 0. The number of hydrogen-bond donors (Lipinski definition) is 2. The van der Waals surface area contributed by atoms with E-state index in [1.807, 2.05) is 91.0 Å². The fourth-order valence-corrected chi connectivity index (χ4v) is 4.33. The molecule has 0 spiro atoms. The highest BCUT2D eigenvalue weighted by Gasteiger charge is 2.08. The first kappa shape index (κ1) is 23.3. The molecule has 0 bridgehead atoms. The summed E-state index contributed by atoms with van der Waals surface area (Å²) < 4.78 is 6.02. The molecule has 0 radical (unpaired) electrons. The van der Waals surface area contributed by atoms with Crippen molar-refractivity contribution < 1.29 is 9.53 Å². The number of ether oxygens (including phenoxy) is 1. The predicted molar refractivity (Wildman–Crippen MR) is 146 cm³/mol. The highest BCUT2D eigenvalue weighted by Crippen LogP contribution is 2.23. The molecule has 8 heteroatoms. The molecular weight excluding hydrogens is 476 g/mol. The van der Waals surface area contributed by atoms with Crippen molar-refractivity contribution >= 4 is 27.6 Å². The van der Waals surface area contributed by atoms with E-state index in [2.05, 4.69) is 37.0 Å². The molecule has 8 nitrogen and oxygen atoms in total. The van der Waals surface area contributed by atoms with Gasteiger partial charge in [0.05, 0.1) is 11.2 Å². The molecule has 2 N–H and O–H groups in total. The van der Waals surface area contributed by atoms with Crippen molar-refractivity contribution in [2.24, 2.45) is 0 Å². The standard InChI is InChI=1S/C30H24N6O2/c37-30(31-16-15-20-5-7-23(8-6-20)29-33-35-36-34-29)24-10-9-21-12-14-27(18-25(21)17-24)38-19-26-13-11-22-3-1-2-4-28(22)32-26/h1-14,17-18H,15-16,19H2,(H,31,37)(H,33,34,35,36). The molecule has 2 heterocycles. The van der Waals surface area contributed by atoms with E-state index in [-0.39, 0.29) is 5.91 Å². The fourth-order valence-electron chi connectivity index (χ4n) is 4.33. The van der Waals surface area contributed by atoms with Gasteiger partial charge in [-0.25, -0.2) is 10.1 Å². The van der Waals surface area contributed by atoms with Gasteiger partial charge in [0.2, 0.25) is 0 Å². The number of amides is 1. The molecule has 1 amide bonds. The average Bonchev–Trinajstić information content (AvgIpc) is 3.51. The van der Waals surface area contributed by atoms with Gasteiger partial charge in [-0.2, -0.15) is 0 Å². The summed E-state index contributed by atoms with van der Waals surface area (Å²) in [6.07, 6.45) is 0.717. The van der Waals surface area contributed by atoms with Crippen molar-refractivity contribution in [3.05, 3.63) is 114 Å². The Morgan fingerprint density at radius 3 is 2.55 bits per heavy atom. The minimum Gasteiger partial charge on any atom is -0.487 e. The lowest BCUT2D eigenvalue weighted by Crippen LogP contribution is -2.25. The van der Waals surface area contributed by atoms with Crippen LogP contribution in [0.4, 0.5) is 0 Å². The zero-order chi connectivity index (χ0) is 25.7. The zero-order valence-electron chi connectivity index (χ0n) is 20.5. The lowest BCUT2D eigenvalue weighted by atomic mass is 10.1. The quantitative estimate of drug-likeness (QED) is 0.301. The third-order valence-electron chi connectivity index (χ3n) is 6.39. The van der Waals surface area contributed by atoms with Gasteiger partial charge < -0.3 is 10.1 Å². The number of nitrogens with zero attached hydrogens (tertiary/aromatic N) is 4. The molecule has 4 aromatic carbocycles. The van der Waals surface area contributed by atoms with E-state index in [9.17, 15) is 4.79 Å². The van der Waals surface area contributed by atoms with E-state index in [0.29, 0.717) is 24.5 Å². The Labute approximate surface area is 218 Å². The molecule has 0 aliphatic heterocycles. The van der Waals surface area contributed by atoms with Gasteiger partial charge in [0.1, 0.15) is 12.4 Å². The number of hydrogen-bond acceptors (Lipinski definition) is 6. The number of aromatic amines is 1. The van der Waals surface area contributed by atoms with Gasteiger partial charge >= 0.3 is 0 Å². The van der Waals surface area contributed by atoms with E-state index >= 15 is 0 Å². The molecule has 0 atom stereocenters. The lowest BCUT2D eigenvalue weighted by Gasteiger charge is -2.10. The van der Waals surface area contributed by atoms with Gasteiger partial charge in [-0.3, -0.25) is 4.79 Å². The van der Waals surface area contributed by atoms with Crippen LogP contribution in [0.5, 0.6) is 5.75 Å². The number of tetrazole rings is 1. The van der Waals surface area contributed by atoms with Crippen LogP contribution >= 0.6 is 0 Å². The molecule has 0 saturated heterocycles. The van der Waals surface area contributed by atoms with Gasteiger partial charge in [0, 0.05) is 23.1 Å². The Morgan fingerprint density at radius 1 is 0.842 bits per heavy atom. The van der Waals surface area contributed by atoms with Crippen molar-refractivity contribution in [2.45, 2.75) is 13.0 Å². The number of para-hydroxylation sites is 1. The van der Waals surface area contributed by atoms with E-state index in [0.717, 1.165) is 50.7 Å². The van der Waals surface area contributed by atoms with E-state index in [4.69, 9.17) is 4.74 Å². The van der Waals surface area contributed by atoms with Crippen LogP contribution in [0.1, 0.15) is 21.6 Å². The second kappa shape index (κ2) is 10.5. The largest absolute Gasteiger partial charge is 0.487 e. The fraction of sp³-hybridized carbons (Fsp3) is 0.100. The Bertz CT molecular complexity index is 1720. The minimum atomic E-state index is -0.108. The Kier molecular flexibility index (Phi) is 6.42. The van der Waals surface area contributed by atoms with Crippen LogP contribution in [-0.2, 0) is 13.0 Å². The number of fused-ring (bicyclic) bond motifs is 2. The number of benzene rings is 4. The van der Waals surface area contributed by atoms with Gasteiger partial charge in [-0.05, 0) is 69.6 Å². The van der Waals surface area contributed by atoms with Crippen molar-refractivity contribution in [3.8, 4) is 17.1 Å². The summed E-state index contributed by atoms with van der Waals surface area (Å²) in [6, 6.07) is 31.6. The lowest BCUT2D eigenvalue weighted by molar-refractivity contribution is 0.0954. The monoisotopic (exact) mass is 500 g/mol. The number of pyridine rings is 1. The molecule has 0 fully saturated rings. The normalized spacial score (nSPS) is 11.1. The van der Waals surface area contributed by atoms with Crippen LogP contribution in [0.15, 0.2) is 97.1 Å². The second-order valence-corrected chi connectivity index (χ2v) is 8.96. The van der Waals surface area contributed by atoms with Crippen molar-refractivity contribution in [1.82, 2.24) is 30.9 Å². The Hall–Kier alpha value is -5.11. The van der Waals surface area contributed by atoms with Gasteiger partial charge in [0.15, 0.2) is 5.82 Å². The van der Waals surface area contributed by atoms with Gasteiger partial charge in [0.25, 0.3) is 5.91 Å². The third-order valence-corrected chi connectivity index (χ3v) is 6.39. The number of aromatic nitrogens is 5. The molecule has 2 aromatic heterocycles. The van der Waals surface area contributed by atoms with Crippen LogP contribution in [0.3, 0.4) is 0 Å². The maximum Gasteiger partial charge on any atom is 0.251 e. The van der Waals surface area contributed by atoms with Gasteiger partial charge in [-0.1, -0.05) is 60.7 Å². The number of carbonyl (C=O) groups is 1. The summed E-state index contributed by atoms with van der Waals surface area (Å²) in [5.74, 6) is 1.25. The number of nitrogens with one attached hydrogen (secondary N) is 2. The van der Waals surface area contributed by atoms with Crippen LogP contribution in [0.2, 0.25) is 0 Å². The van der Waals surface area contributed by atoms with E-state index in [1.165, 1.54) is 0 Å². The summed E-state index contributed by atoms with van der Waals surface area (Å²) in [6.45, 7) is 0.898. The first-order valence-electron chi connectivity index (χ1n) is 12.3. The molecule has 0 saturated carbocycles. The van der Waals surface area contributed by atoms with Crippen LogP contribution in [-0.4, -0.2) is 38.1 Å². The highest BCUT2D eigenvalue weighted by atomic mass is 16.5. The number of H-pyrrole nitrogens is 1. The second-order valence-electron chi connectivity index (χ2n) is 8.96. The molecule has 6 aromatic rings. The molecule has 0 aliphatic rings. The molecule has 186 valence electrons. The maximum absolute atomic E-state index is 12.8. The van der Waals surface area contributed by atoms with Crippen LogP contribution < -0.4 is 10.1 Å².